The van der Waals surface area contributed by atoms with Crippen LogP contribution < -0.4 is 0 Å². The molecule has 0 aromatic heterocycles. The van der Waals surface area contributed by atoms with Gasteiger partial charge in [0.05, 0.1) is 18.1 Å². The van der Waals surface area contributed by atoms with Crippen LogP contribution in [0.3, 0.4) is 0 Å². The number of allylic oxidation sites excluding steroid dienone is 2. The minimum Gasteiger partial charge on any atom is -0.481 e. The van der Waals surface area contributed by atoms with Gasteiger partial charge in [0, 0.05) is 6.92 Å². The monoisotopic (exact) mass is 630 g/mol. The average molecular weight is 631 g/mol. The van der Waals surface area contributed by atoms with Crippen molar-refractivity contribution >= 4 is 11.9 Å². The first kappa shape index (κ1) is 33.4. The number of carboxylic acid groups (broad SMARTS) is 1. The number of hydrogen-bond acceptors (Lipinski definition) is 7. The second-order valence-corrected chi connectivity index (χ2v) is 18.0. The second-order valence-electron chi connectivity index (χ2n) is 18.0. The maximum absolute atomic E-state index is 12.9. The molecule has 4 saturated carbocycles. The number of carbonyl (C=O) groups excluding carboxylic acids is 1. The van der Waals surface area contributed by atoms with Crippen molar-refractivity contribution in [2.24, 2.45) is 50.2 Å². The lowest BCUT2D eigenvalue weighted by molar-refractivity contribution is -0.309. The molecule has 3 N–H and O–H groups in total. The topological polar surface area (TPSA) is 123 Å². The molecule has 6 rings (SSSR count). The fourth-order valence-corrected chi connectivity index (χ4v) is 12.2. The maximum atomic E-state index is 12.9. The molecule has 3 unspecified atom stereocenters. The summed E-state index contributed by atoms with van der Waals surface area (Å²) in [6, 6.07) is 0. The summed E-state index contributed by atoms with van der Waals surface area (Å²) in [4.78, 5) is 24.4. The van der Waals surface area contributed by atoms with E-state index in [1.165, 1.54) is 12.5 Å². The smallest absolute Gasteiger partial charge is 0.310 e. The summed E-state index contributed by atoms with van der Waals surface area (Å²) in [5, 5.41) is 32.1. The van der Waals surface area contributed by atoms with Gasteiger partial charge in [0.25, 0.3) is 0 Å². The minimum absolute atomic E-state index is 0.0207. The molecule has 0 aromatic rings. The van der Waals surface area contributed by atoms with Crippen LogP contribution in [0, 0.1) is 50.2 Å². The highest BCUT2D eigenvalue weighted by atomic mass is 16.7. The van der Waals surface area contributed by atoms with Gasteiger partial charge in [-0.2, -0.15) is 0 Å². The molecule has 0 aromatic carbocycles. The third-order valence-corrected chi connectivity index (χ3v) is 15.1. The lowest BCUT2D eigenvalue weighted by Gasteiger charge is -2.71. The van der Waals surface area contributed by atoms with Crippen LogP contribution in [0.5, 0.6) is 0 Å². The lowest BCUT2D eigenvalue weighted by Crippen LogP contribution is -2.65. The van der Waals surface area contributed by atoms with E-state index in [-0.39, 0.29) is 45.7 Å². The van der Waals surface area contributed by atoms with E-state index in [1.807, 2.05) is 0 Å². The number of carbonyl (C=O) groups is 2. The molecule has 5 fully saturated rings. The Morgan fingerprint density at radius 2 is 1.58 bits per heavy atom. The van der Waals surface area contributed by atoms with E-state index in [1.54, 1.807) is 0 Å². The molecular formula is C37H58O8. The average Bonchev–Trinajstić information content (AvgIpc) is 2.93. The molecule has 5 aliphatic carbocycles. The van der Waals surface area contributed by atoms with E-state index in [0.717, 1.165) is 64.2 Å². The van der Waals surface area contributed by atoms with Crippen molar-refractivity contribution in [1.82, 2.24) is 0 Å². The number of rotatable bonds is 4. The van der Waals surface area contributed by atoms with Gasteiger partial charge in [0.15, 0.2) is 12.4 Å². The lowest BCUT2D eigenvalue weighted by atomic mass is 9.33. The minimum atomic E-state index is -1.31. The summed E-state index contributed by atoms with van der Waals surface area (Å²) in [7, 11) is 0. The van der Waals surface area contributed by atoms with E-state index in [2.05, 4.69) is 54.5 Å². The van der Waals surface area contributed by atoms with E-state index in [4.69, 9.17) is 14.2 Å². The van der Waals surface area contributed by atoms with Gasteiger partial charge < -0.3 is 29.5 Å². The summed E-state index contributed by atoms with van der Waals surface area (Å²) in [5.41, 5.74) is 0.929. The Hall–Kier alpha value is -1.48. The van der Waals surface area contributed by atoms with Crippen molar-refractivity contribution in [3.8, 4) is 0 Å². The van der Waals surface area contributed by atoms with Crippen molar-refractivity contribution in [1.29, 1.82) is 0 Å². The third kappa shape index (κ3) is 4.81. The Morgan fingerprint density at radius 1 is 0.889 bits per heavy atom. The van der Waals surface area contributed by atoms with Gasteiger partial charge in [0.2, 0.25) is 0 Å². The van der Waals surface area contributed by atoms with Crippen LogP contribution in [0.2, 0.25) is 0 Å². The summed E-state index contributed by atoms with van der Waals surface area (Å²) in [6.07, 6.45) is 7.33. The quantitative estimate of drug-likeness (QED) is 0.189. The summed E-state index contributed by atoms with van der Waals surface area (Å²) in [5.74, 6) is -0.124. The highest BCUT2D eigenvalue weighted by Gasteiger charge is 2.69. The van der Waals surface area contributed by atoms with Crippen molar-refractivity contribution in [3.05, 3.63) is 11.6 Å². The zero-order chi connectivity index (χ0) is 33.0. The molecular weight excluding hydrogens is 572 g/mol. The zero-order valence-corrected chi connectivity index (χ0v) is 28.9. The molecule has 0 radical (unpaired) electrons. The first-order valence-electron chi connectivity index (χ1n) is 17.6. The number of aliphatic carboxylic acids is 1. The molecule has 12 atom stereocenters. The highest BCUT2D eigenvalue weighted by Crippen LogP contribution is 2.76. The largest absolute Gasteiger partial charge is 0.481 e. The number of hydrogen-bond donors (Lipinski definition) is 3. The molecule has 1 heterocycles. The molecule has 8 nitrogen and oxygen atoms in total. The number of esters is 1. The Labute approximate surface area is 269 Å². The Kier molecular flexibility index (Phi) is 7.99. The van der Waals surface area contributed by atoms with Gasteiger partial charge in [-0.05, 0) is 109 Å². The standard InChI is InChI=1S/C37H58O8/c1-21(38)44-24-20-43-30(29(40)28(24)39)45-27-12-13-34(6)25(33(27,4)5)11-14-36(8)26(34)10-9-22-23-19-32(2,3)15-17-37(23,31(41)42)18-16-35(22,36)7/h9,23-30,39-40H,10-20H2,1-8H3,(H,41,42)/t23?,24-,25?,26?,27+,28-,29+,30-,34+,35-,36-,37+/m1/s1. The van der Waals surface area contributed by atoms with Crippen LogP contribution in [0.25, 0.3) is 0 Å². The molecule has 45 heavy (non-hydrogen) atoms. The van der Waals surface area contributed by atoms with Crippen molar-refractivity contribution < 1.29 is 39.1 Å². The van der Waals surface area contributed by atoms with Crippen LogP contribution in [0.1, 0.15) is 120 Å². The second kappa shape index (κ2) is 10.8. The number of ether oxygens (including phenoxy) is 3. The maximum Gasteiger partial charge on any atom is 0.310 e. The van der Waals surface area contributed by atoms with E-state index >= 15 is 0 Å². The molecule has 6 aliphatic rings. The Bertz CT molecular complexity index is 1240. The van der Waals surface area contributed by atoms with E-state index in [0.29, 0.717) is 11.8 Å². The van der Waals surface area contributed by atoms with Gasteiger partial charge in [-0.15, -0.1) is 0 Å². The highest BCUT2D eigenvalue weighted by molar-refractivity contribution is 5.76. The zero-order valence-electron chi connectivity index (χ0n) is 28.9. The van der Waals surface area contributed by atoms with E-state index in [9.17, 15) is 24.9 Å². The van der Waals surface area contributed by atoms with Crippen LogP contribution in [0.15, 0.2) is 11.6 Å². The van der Waals surface area contributed by atoms with Gasteiger partial charge in [-0.1, -0.05) is 60.1 Å². The van der Waals surface area contributed by atoms with Gasteiger partial charge >= 0.3 is 11.9 Å². The molecule has 254 valence electrons. The SMILES string of the molecule is CC(=O)O[C@@H]1CO[C@H](O[C@H]2CC[C@@]3(C)C(CC[C@]4(C)C3CC=C3C5CC(C)(C)CC[C@]5(C(=O)O)CC[C@]34C)C2(C)C)[C@@H](O)[C@@H]1O. The first-order valence-corrected chi connectivity index (χ1v) is 17.6. The van der Waals surface area contributed by atoms with Crippen LogP contribution in [-0.4, -0.2) is 64.6 Å². The molecule has 0 bridgehead atoms. The summed E-state index contributed by atoms with van der Waals surface area (Å²) < 4.78 is 17.5. The van der Waals surface area contributed by atoms with Crippen LogP contribution >= 0.6 is 0 Å². The first-order chi connectivity index (χ1) is 20.8. The van der Waals surface area contributed by atoms with Crippen LogP contribution in [-0.2, 0) is 23.8 Å². The normalized spacial score (nSPS) is 50.1. The summed E-state index contributed by atoms with van der Waals surface area (Å²) >= 11 is 0. The number of carboxylic acids is 1. The number of fused-ring (bicyclic) bond motifs is 7. The molecule has 1 aliphatic heterocycles. The predicted octanol–water partition coefficient (Wildman–Crippen LogP) is 6.27. The van der Waals surface area contributed by atoms with Gasteiger partial charge in [0.1, 0.15) is 12.2 Å². The number of aliphatic hydroxyl groups excluding tert-OH is 2. The van der Waals surface area contributed by atoms with Crippen molar-refractivity contribution in [3.63, 3.8) is 0 Å². The van der Waals surface area contributed by atoms with Crippen molar-refractivity contribution in [2.75, 3.05) is 6.61 Å². The molecule has 1 saturated heterocycles. The Morgan fingerprint density at radius 3 is 2.24 bits per heavy atom. The van der Waals surface area contributed by atoms with Crippen molar-refractivity contribution in [2.45, 2.75) is 150 Å². The predicted molar refractivity (Wildman–Crippen MR) is 169 cm³/mol. The van der Waals surface area contributed by atoms with Crippen LogP contribution in [0.4, 0.5) is 0 Å². The van der Waals surface area contributed by atoms with E-state index < -0.39 is 42.0 Å². The Balaban J connectivity index is 1.26. The van der Waals surface area contributed by atoms with Gasteiger partial charge in [-0.25, -0.2) is 0 Å². The fraction of sp³-hybridized carbons (Fsp3) is 0.892. The molecule has 0 spiro atoms. The summed E-state index contributed by atoms with van der Waals surface area (Å²) in [6.45, 7) is 18.0. The molecule has 8 heteroatoms. The number of aliphatic hydroxyl groups is 2. The van der Waals surface area contributed by atoms with Gasteiger partial charge in [-0.3, -0.25) is 9.59 Å². The third-order valence-electron chi connectivity index (χ3n) is 15.1. The molecule has 0 amide bonds. The fourth-order valence-electron chi connectivity index (χ4n) is 12.2.